The van der Waals surface area contributed by atoms with Gasteiger partial charge >= 0.3 is 0 Å². The van der Waals surface area contributed by atoms with E-state index in [0.29, 0.717) is 5.69 Å². The van der Waals surface area contributed by atoms with Crippen molar-refractivity contribution >= 4 is 5.82 Å². The molecule has 1 aromatic carbocycles. The Labute approximate surface area is 118 Å². The molecule has 2 aromatic rings. The van der Waals surface area contributed by atoms with Crippen molar-refractivity contribution in [2.24, 2.45) is 0 Å². The lowest BCUT2D eigenvalue weighted by molar-refractivity contribution is 0.410. The molecule has 0 aliphatic heterocycles. The number of pyridine rings is 1. The minimum absolute atomic E-state index is 0.224. The molecule has 4 heteroatoms. The summed E-state index contributed by atoms with van der Waals surface area (Å²) in [4.78, 5) is 4.27. The summed E-state index contributed by atoms with van der Waals surface area (Å²) in [6.45, 7) is 0. The number of nitrogens with zero attached hydrogens (tertiary/aromatic N) is 2. The predicted octanol–water partition coefficient (Wildman–Crippen LogP) is 3.06. The summed E-state index contributed by atoms with van der Waals surface area (Å²) in [6, 6.07) is 13.8. The van der Waals surface area contributed by atoms with Crippen LogP contribution in [0.1, 0.15) is 29.3 Å². The van der Waals surface area contributed by atoms with E-state index in [1.807, 2.05) is 24.3 Å². The van der Waals surface area contributed by atoms with Crippen LogP contribution in [-0.4, -0.2) is 12.1 Å². The zero-order valence-corrected chi connectivity index (χ0v) is 11.3. The summed E-state index contributed by atoms with van der Waals surface area (Å²) in [5.74, 6) is 1.69. The van der Waals surface area contributed by atoms with Crippen LogP contribution in [-0.2, 0) is 6.42 Å². The van der Waals surface area contributed by atoms with Gasteiger partial charge in [0.2, 0.25) is 0 Å². The number of aromatic nitrogens is 1. The average molecular weight is 265 g/mol. The first-order valence-electron chi connectivity index (χ1n) is 6.61. The topological polar surface area (TPSA) is 57.9 Å². The van der Waals surface area contributed by atoms with Crippen molar-refractivity contribution in [3.05, 3.63) is 53.2 Å². The van der Waals surface area contributed by atoms with Crippen LogP contribution in [0.3, 0.4) is 0 Å². The Hall–Kier alpha value is -2.54. The molecule has 20 heavy (non-hydrogen) atoms. The van der Waals surface area contributed by atoms with Gasteiger partial charge < -0.3 is 10.1 Å². The number of methoxy groups -OCH3 is 1. The lowest BCUT2D eigenvalue weighted by atomic mass is 10.1. The highest BCUT2D eigenvalue weighted by atomic mass is 16.5. The van der Waals surface area contributed by atoms with Crippen molar-refractivity contribution in [3.8, 4) is 11.8 Å². The molecule has 1 heterocycles. The minimum Gasteiger partial charge on any atom is -0.496 e. The number of ether oxygens (including phenoxy) is 1. The molecule has 0 fully saturated rings. The maximum atomic E-state index is 8.89. The van der Waals surface area contributed by atoms with E-state index in [1.165, 1.54) is 11.1 Å². The number of fused-ring (bicyclic) bond motifs is 1. The van der Waals surface area contributed by atoms with Gasteiger partial charge in [-0.05, 0) is 42.2 Å². The molecular formula is C16H15N3O. The third kappa shape index (κ3) is 2.19. The van der Waals surface area contributed by atoms with Crippen LogP contribution < -0.4 is 10.1 Å². The van der Waals surface area contributed by atoms with Crippen LogP contribution in [0.2, 0.25) is 0 Å². The fraction of sp³-hybridized carbons (Fsp3) is 0.250. The number of nitrogens with one attached hydrogen (secondary N) is 1. The Balaban J connectivity index is 1.87. The van der Waals surface area contributed by atoms with Gasteiger partial charge in [-0.1, -0.05) is 18.2 Å². The Morgan fingerprint density at radius 2 is 2.15 bits per heavy atom. The SMILES string of the molecule is COc1cccc2c1CCC2Nc1cccc(C#N)n1. The highest BCUT2D eigenvalue weighted by Gasteiger charge is 2.25. The van der Waals surface area contributed by atoms with Gasteiger partial charge in [0.15, 0.2) is 0 Å². The van der Waals surface area contributed by atoms with Crippen LogP contribution >= 0.6 is 0 Å². The van der Waals surface area contributed by atoms with Gasteiger partial charge in [0, 0.05) is 0 Å². The first kappa shape index (κ1) is 12.5. The average Bonchev–Trinajstić information content (AvgIpc) is 2.90. The van der Waals surface area contributed by atoms with Gasteiger partial charge in [0.25, 0.3) is 0 Å². The van der Waals surface area contributed by atoms with E-state index in [-0.39, 0.29) is 6.04 Å². The van der Waals surface area contributed by atoms with Crippen LogP contribution in [0.5, 0.6) is 5.75 Å². The van der Waals surface area contributed by atoms with Gasteiger partial charge in [-0.2, -0.15) is 5.26 Å². The van der Waals surface area contributed by atoms with Crippen LogP contribution in [0, 0.1) is 11.3 Å². The van der Waals surface area contributed by atoms with Crippen molar-refractivity contribution in [1.82, 2.24) is 4.98 Å². The van der Waals surface area contributed by atoms with Crippen LogP contribution in [0.25, 0.3) is 0 Å². The molecule has 1 aromatic heterocycles. The normalized spacial score (nSPS) is 16.3. The van der Waals surface area contributed by atoms with Crippen molar-refractivity contribution in [3.63, 3.8) is 0 Å². The van der Waals surface area contributed by atoms with E-state index in [9.17, 15) is 0 Å². The monoisotopic (exact) mass is 265 g/mol. The van der Waals surface area contributed by atoms with Crippen molar-refractivity contribution in [2.45, 2.75) is 18.9 Å². The molecule has 0 bridgehead atoms. The molecule has 1 aliphatic rings. The molecule has 1 unspecified atom stereocenters. The number of benzene rings is 1. The van der Waals surface area contributed by atoms with E-state index in [0.717, 1.165) is 24.4 Å². The molecule has 4 nitrogen and oxygen atoms in total. The lowest BCUT2D eigenvalue weighted by Gasteiger charge is -2.15. The summed E-state index contributed by atoms with van der Waals surface area (Å²) < 4.78 is 5.41. The molecule has 0 saturated heterocycles. The Morgan fingerprint density at radius 1 is 1.30 bits per heavy atom. The third-order valence-corrected chi connectivity index (χ3v) is 3.63. The molecule has 3 rings (SSSR count). The number of hydrogen-bond donors (Lipinski definition) is 1. The zero-order chi connectivity index (χ0) is 13.9. The second-order valence-electron chi connectivity index (χ2n) is 4.78. The molecule has 0 spiro atoms. The van der Waals surface area contributed by atoms with E-state index in [1.54, 1.807) is 13.2 Å². The van der Waals surface area contributed by atoms with Crippen LogP contribution in [0.15, 0.2) is 36.4 Å². The van der Waals surface area contributed by atoms with Crippen molar-refractivity contribution in [1.29, 1.82) is 5.26 Å². The summed E-state index contributed by atoms with van der Waals surface area (Å²) in [5, 5.41) is 12.3. The molecule has 1 atom stereocenters. The first-order chi connectivity index (χ1) is 9.81. The third-order valence-electron chi connectivity index (χ3n) is 3.63. The van der Waals surface area contributed by atoms with E-state index >= 15 is 0 Å². The quantitative estimate of drug-likeness (QED) is 0.926. The Kier molecular flexibility index (Phi) is 3.26. The van der Waals surface area contributed by atoms with Crippen molar-refractivity contribution < 1.29 is 4.74 Å². The van der Waals surface area contributed by atoms with Gasteiger partial charge in [-0.25, -0.2) is 4.98 Å². The molecule has 1 N–H and O–H groups in total. The molecule has 100 valence electrons. The van der Waals surface area contributed by atoms with E-state index in [2.05, 4.69) is 22.4 Å². The fourth-order valence-corrected chi connectivity index (χ4v) is 2.72. The number of hydrogen-bond acceptors (Lipinski definition) is 4. The molecule has 0 saturated carbocycles. The summed E-state index contributed by atoms with van der Waals surface area (Å²) >= 11 is 0. The highest BCUT2D eigenvalue weighted by molar-refractivity contribution is 5.49. The number of rotatable bonds is 3. The van der Waals surface area contributed by atoms with Gasteiger partial charge in [0.1, 0.15) is 23.3 Å². The van der Waals surface area contributed by atoms with E-state index in [4.69, 9.17) is 10.00 Å². The van der Waals surface area contributed by atoms with Crippen molar-refractivity contribution in [2.75, 3.05) is 12.4 Å². The first-order valence-corrected chi connectivity index (χ1v) is 6.61. The Bertz CT molecular complexity index is 676. The van der Waals surface area contributed by atoms with E-state index < -0.39 is 0 Å². The van der Waals surface area contributed by atoms with Gasteiger partial charge in [-0.15, -0.1) is 0 Å². The summed E-state index contributed by atoms with van der Waals surface area (Å²) in [7, 11) is 1.70. The molecule has 1 aliphatic carbocycles. The second kappa shape index (κ2) is 5.22. The Morgan fingerprint density at radius 3 is 2.95 bits per heavy atom. The van der Waals surface area contributed by atoms with Crippen LogP contribution in [0.4, 0.5) is 5.82 Å². The summed E-state index contributed by atoms with van der Waals surface area (Å²) in [5.41, 5.74) is 2.95. The second-order valence-corrected chi connectivity index (χ2v) is 4.78. The number of anilines is 1. The maximum absolute atomic E-state index is 8.89. The molecular weight excluding hydrogens is 250 g/mol. The molecule has 0 radical (unpaired) electrons. The lowest BCUT2D eigenvalue weighted by Crippen LogP contribution is -2.08. The highest BCUT2D eigenvalue weighted by Crippen LogP contribution is 2.38. The smallest absolute Gasteiger partial charge is 0.142 e. The van der Waals surface area contributed by atoms with Gasteiger partial charge in [0.05, 0.1) is 13.2 Å². The molecule has 0 amide bonds. The maximum Gasteiger partial charge on any atom is 0.142 e. The standard InChI is InChI=1S/C16H15N3O/c1-20-15-6-3-5-12-13(15)8-9-14(12)19-16-7-2-4-11(10-17)18-16/h2-7,14H,8-9H2,1H3,(H,18,19). The fourth-order valence-electron chi connectivity index (χ4n) is 2.72. The number of nitriles is 1. The predicted molar refractivity (Wildman–Crippen MR) is 76.6 cm³/mol. The summed E-state index contributed by atoms with van der Waals surface area (Å²) in [6.07, 6.45) is 2.00. The zero-order valence-electron chi connectivity index (χ0n) is 11.3. The van der Waals surface area contributed by atoms with Gasteiger partial charge in [-0.3, -0.25) is 0 Å². The largest absolute Gasteiger partial charge is 0.496 e. The minimum atomic E-state index is 0.224.